The van der Waals surface area contributed by atoms with Crippen LogP contribution in [0.4, 0.5) is 0 Å². The summed E-state index contributed by atoms with van der Waals surface area (Å²) in [6.45, 7) is 8.48. The van der Waals surface area contributed by atoms with Crippen molar-refractivity contribution in [3.05, 3.63) is 35.2 Å². The Balaban J connectivity index is 1.47. The van der Waals surface area contributed by atoms with Gasteiger partial charge in [0.15, 0.2) is 0 Å². The predicted molar refractivity (Wildman–Crippen MR) is 88.2 cm³/mol. The highest BCUT2D eigenvalue weighted by atomic mass is 16.2. The van der Waals surface area contributed by atoms with Crippen LogP contribution in [-0.2, 0) is 11.3 Å². The van der Waals surface area contributed by atoms with Crippen LogP contribution in [0.3, 0.4) is 0 Å². The van der Waals surface area contributed by atoms with E-state index in [1.807, 2.05) is 29.6 Å². The minimum absolute atomic E-state index is 0.248. The number of aromatic nitrogens is 4. The maximum absolute atomic E-state index is 12.4. The van der Waals surface area contributed by atoms with Crippen LogP contribution in [0.5, 0.6) is 0 Å². The molecule has 0 bridgehead atoms. The van der Waals surface area contributed by atoms with E-state index in [-0.39, 0.29) is 5.91 Å². The molecule has 1 unspecified atom stereocenters. The summed E-state index contributed by atoms with van der Waals surface area (Å²) < 4.78 is 1.99. The first-order valence-corrected chi connectivity index (χ1v) is 8.33. The van der Waals surface area contributed by atoms with Gasteiger partial charge in [-0.15, -0.1) is 0 Å². The Morgan fingerprint density at radius 3 is 2.87 bits per heavy atom. The maximum atomic E-state index is 12.4. The molecule has 23 heavy (non-hydrogen) atoms. The predicted octanol–water partition coefficient (Wildman–Crippen LogP) is 2.33. The van der Waals surface area contributed by atoms with Crippen molar-refractivity contribution in [2.45, 2.75) is 52.5 Å². The molecule has 0 aliphatic carbocycles. The summed E-state index contributed by atoms with van der Waals surface area (Å²) in [6.07, 6.45) is 4.27. The number of nitrogens with zero attached hydrogens (tertiary/aromatic N) is 4. The van der Waals surface area contributed by atoms with Crippen molar-refractivity contribution in [1.29, 1.82) is 0 Å². The van der Waals surface area contributed by atoms with E-state index in [1.165, 1.54) is 0 Å². The quantitative estimate of drug-likeness (QED) is 0.921. The van der Waals surface area contributed by atoms with Crippen LogP contribution in [0, 0.1) is 20.8 Å². The number of aromatic amines is 1. The summed E-state index contributed by atoms with van der Waals surface area (Å²) in [7, 11) is 0. The number of imidazole rings is 1. The Hall–Kier alpha value is -2.11. The molecule has 3 rings (SSSR count). The van der Waals surface area contributed by atoms with Gasteiger partial charge in [-0.25, -0.2) is 4.98 Å². The van der Waals surface area contributed by atoms with Crippen molar-refractivity contribution in [3.8, 4) is 0 Å². The molecule has 1 atom stereocenters. The summed E-state index contributed by atoms with van der Waals surface area (Å²) in [5.41, 5.74) is 3.27. The van der Waals surface area contributed by atoms with Crippen LogP contribution in [-0.4, -0.2) is 43.6 Å². The second-order valence-electron chi connectivity index (χ2n) is 6.53. The van der Waals surface area contributed by atoms with E-state index in [0.29, 0.717) is 12.3 Å². The van der Waals surface area contributed by atoms with Crippen LogP contribution in [0.2, 0.25) is 0 Å². The van der Waals surface area contributed by atoms with Gasteiger partial charge in [0.1, 0.15) is 5.82 Å². The molecule has 0 radical (unpaired) electrons. The fourth-order valence-electron chi connectivity index (χ4n) is 3.29. The van der Waals surface area contributed by atoms with E-state index >= 15 is 0 Å². The smallest absolute Gasteiger partial charge is 0.222 e. The summed E-state index contributed by atoms with van der Waals surface area (Å²) in [6, 6.07) is 2.07. The lowest BCUT2D eigenvalue weighted by molar-refractivity contribution is -0.130. The normalized spacial score (nSPS) is 17.9. The first kappa shape index (κ1) is 15.8. The second kappa shape index (κ2) is 6.56. The highest BCUT2D eigenvalue weighted by molar-refractivity contribution is 5.76. The summed E-state index contributed by atoms with van der Waals surface area (Å²) in [5, 5.41) is 4.44. The third-order valence-corrected chi connectivity index (χ3v) is 4.51. The number of H-pyrrole nitrogens is 1. The highest BCUT2D eigenvalue weighted by Crippen LogP contribution is 2.25. The molecule has 0 saturated carbocycles. The van der Waals surface area contributed by atoms with Crippen molar-refractivity contribution in [3.63, 3.8) is 0 Å². The van der Waals surface area contributed by atoms with Gasteiger partial charge in [-0.3, -0.25) is 9.48 Å². The molecule has 1 N–H and O–H groups in total. The van der Waals surface area contributed by atoms with Gasteiger partial charge >= 0.3 is 0 Å². The summed E-state index contributed by atoms with van der Waals surface area (Å²) in [5.74, 6) is 1.61. The van der Waals surface area contributed by atoms with Crippen molar-refractivity contribution in [2.75, 3.05) is 13.1 Å². The van der Waals surface area contributed by atoms with Crippen molar-refractivity contribution in [2.24, 2.45) is 0 Å². The molecule has 1 aliphatic rings. The van der Waals surface area contributed by atoms with Crippen molar-refractivity contribution < 1.29 is 4.79 Å². The molecule has 0 aromatic carbocycles. The monoisotopic (exact) mass is 315 g/mol. The third-order valence-electron chi connectivity index (χ3n) is 4.51. The zero-order valence-corrected chi connectivity index (χ0v) is 14.2. The molecule has 6 heteroatoms. The van der Waals surface area contributed by atoms with E-state index in [0.717, 1.165) is 55.4 Å². The lowest BCUT2D eigenvalue weighted by Crippen LogP contribution is -2.28. The summed E-state index contributed by atoms with van der Waals surface area (Å²) in [4.78, 5) is 22.0. The number of carbonyl (C=O) groups is 1. The van der Waals surface area contributed by atoms with Gasteiger partial charge in [-0.1, -0.05) is 0 Å². The van der Waals surface area contributed by atoms with E-state index in [2.05, 4.69) is 28.1 Å². The molecular formula is C17H25N5O. The van der Waals surface area contributed by atoms with Crippen LogP contribution < -0.4 is 0 Å². The second-order valence-corrected chi connectivity index (χ2v) is 6.53. The fraction of sp³-hybridized carbons (Fsp3) is 0.588. The number of likely N-dealkylation sites (tertiary alicyclic amines) is 1. The van der Waals surface area contributed by atoms with E-state index < -0.39 is 0 Å². The molecule has 6 nitrogen and oxygen atoms in total. The van der Waals surface area contributed by atoms with Gasteiger partial charge in [-0.05, 0) is 39.7 Å². The molecule has 1 saturated heterocycles. The number of amides is 1. The molecular weight excluding hydrogens is 290 g/mol. The molecule has 0 spiro atoms. The number of hydrogen-bond acceptors (Lipinski definition) is 3. The largest absolute Gasteiger partial charge is 0.346 e. The topological polar surface area (TPSA) is 66.8 Å². The molecule has 2 aromatic heterocycles. The van der Waals surface area contributed by atoms with E-state index in [1.54, 1.807) is 0 Å². The van der Waals surface area contributed by atoms with E-state index in [9.17, 15) is 4.79 Å². The first-order valence-electron chi connectivity index (χ1n) is 8.33. The Kier molecular flexibility index (Phi) is 4.50. The van der Waals surface area contributed by atoms with Gasteiger partial charge in [0.25, 0.3) is 0 Å². The van der Waals surface area contributed by atoms with Crippen LogP contribution >= 0.6 is 0 Å². The maximum Gasteiger partial charge on any atom is 0.222 e. The fourth-order valence-corrected chi connectivity index (χ4v) is 3.29. The number of aryl methyl sites for hydroxylation is 4. The zero-order chi connectivity index (χ0) is 16.4. The van der Waals surface area contributed by atoms with Gasteiger partial charge in [0.05, 0.1) is 5.69 Å². The van der Waals surface area contributed by atoms with Crippen LogP contribution in [0.15, 0.2) is 12.3 Å². The van der Waals surface area contributed by atoms with Crippen molar-refractivity contribution in [1.82, 2.24) is 24.6 Å². The number of hydrogen-bond donors (Lipinski definition) is 1. The van der Waals surface area contributed by atoms with Gasteiger partial charge in [0.2, 0.25) is 5.91 Å². The van der Waals surface area contributed by atoms with Gasteiger partial charge < -0.3 is 9.88 Å². The lowest BCUT2D eigenvalue weighted by Gasteiger charge is -2.16. The van der Waals surface area contributed by atoms with Crippen LogP contribution in [0.1, 0.15) is 48.1 Å². The third kappa shape index (κ3) is 3.63. The number of nitrogens with one attached hydrogen (secondary N) is 1. The van der Waals surface area contributed by atoms with E-state index in [4.69, 9.17) is 0 Å². The van der Waals surface area contributed by atoms with Crippen molar-refractivity contribution >= 4 is 5.91 Å². The Morgan fingerprint density at radius 1 is 1.39 bits per heavy atom. The highest BCUT2D eigenvalue weighted by Gasteiger charge is 2.28. The summed E-state index contributed by atoms with van der Waals surface area (Å²) >= 11 is 0. The van der Waals surface area contributed by atoms with Gasteiger partial charge in [-0.2, -0.15) is 5.10 Å². The minimum Gasteiger partial charge on any atom is -0.346 e. The molecule has 124 valence electrons. The lowest BCUT2D eigenvalue weighted by atomic mass is 10.1. The standard InChI is InChI=1S/C17H25N5O/c1-12-9-14(3)22(20-12)7-4-5-16(23)21-8-6-15(11-21)17-18-10-13(2)19-17/h9-10,15H,4-8,11H2,1-3H3,(H,18,19). The number of carbonyl (C=O) groups excluding carboxylic acids is 1. The number of rotatable bonds is 5. The average molecular weight is 315 g/mol. The Bertz CT molecular complexity index is 687. The molecule has 1 aliphatic heterocycles. The molecule has 3 heterocycles. The Morgan fingerprint density at radius 2 is 2.22 bits per heavy atom. The SMILES string of the molecule is Cc1cc(C)n(CCCC(=O)N2CCC(c3ncc(C)[nH]3)C2)n1. The first-order chi connectivity index (χ1) is 11.0. The van der Waals surface area contributed by atoms with Gasteiger partial charge in [0, 0.05) is 49.6 Å². The average Bonchev–Trinajstić information content (AvgIpc) is 3.20. The molecule has 2 aromatic rings. The zero-order valence-electron chi connectivity index (χ0n) is 14.2. The van der Waals surface area contributed by atoms with Crippen LogP contribution in [0.25, 0.3) is 0 Å². The Labute approximate surface area is 136 Å². The molecule has 1 amide bonds. The molecule has 1 fully saturated rings. The minimum atomic E-state index is 0.248.